The lowest BCUT2D eigenvalue weighted by Gasteiger charge is -2.34. The standard InChI is InChI=1S/C55H39N/c1-6-19-41(20-7-1)48-38-35-43(39-50(48)42-21-8-2-9-22-42)40-33-36-47(37-34-40)56(46-27-14-5-15-28-46)53-32-18-31-52-54(53)49-29-16-17-30-51(49)55(52,44-23-10-3-11-24-44)45-25-12-4-13-26-45/h1-39H/i33D,34D,36D,37D. The Morgan fingerprint density at radius 3 is 1.48 bits per heavy atom. The third kappa shape index (κ3) is 5.56. The number of benzene rings is 9. The van der Waals surface area contributed by atoms with Crippen molar-refractivity contribution in [3.05, 3.63) is 259 Å². The first-order chi connectivity index (χ1) is 29.5. The molecule has 264 valence electrons. The number of hydrogen-bond donors (Lipinski definition) is 0. The molecule has 0 saturated heterocycles. The third-order valence-electron chi connectivity index (χ3n) is 11.0. The van der Waals surface area contributed by atoms with Gasteiger partial charge in [0.15, 0.2) is 0 Å². The molecule has 56 heavy (non-hydrogen) atoms. The molecule has 1 aliphatic carbocycles. The van der Waals surface area contributed by atoms with E-state index in [2.05, 4.69) is 109 Å². The highest BCUT2D eigenvalue weighted by Crippen LogP contribution is 2.59. The molecule has 0 spiro atoms. The molecule has 0 fully saturated rings. The predicted octanol–water partition coefficient (Wildman–Crippen LogP) is 14.5. The first kappa shape index (κ1) is 29.2. The van der Waals surface area contributed by atoms with Crippen molar-refractivity contribution in [1.29, 1.82) is 0 Å². The van der Waals surface area contributed by atoms with Gasteiger partial charge in [-0.05, 0) is 97.5 Å². The average Bonchev–Trinajstić information content (AvgIpc) is 3.63. The highest BCUT2D eigenvalue weighted by molar-refractivity contribution is 5.97. The normalized spacial score (nSPS) is 13.4. The summed E-state index contributed by atoms with van der Waals surface area (Å²) >= 11 is 0. The van der Waals surface area contributed by atoms with E-state index in [1.165, 1.54) is 0 Å². The maximum atomic E-state index is 9.80. The van der Waals surface area contributed by atoms with Crippen LogP contribution in [0.3, 0.4) is 0 Å². The van der Waals surface area contributed by atoms with Gasteiger partial charge >= 0.3 is 0 Å². The number of rotatable bonds is 8. The van der Waals surface area contributed by atoms with Gasteiger partial charge in [0, 0.05) is 16.9 Å². The van der Waals surface area contributed by atoms with Crippen molar-refractivity contribution in [1.82, 2.24) is 0 Å². The highest BCUT2D eigenvalue weighted by Gasteiger charge is 2.47. The first-order valence-electron chi connectivity index (χ1n) is 21.0. The molecule has 0 amide bonds. The minimum atomic E-state index is -0.659. The van der Waals surface area contributed by atoms with Crippen LogP contribution in [0.15, 0.2) is 236 Å². The molecule has 10 rings (SSSR count). The molecule has 0 aromatic heterocycles. The molecule has 9 aromatic rings. The van der Waals surface area contributed by atoms with Gasteiger partial charge < -0.3 is 4.90 Å². The fourth-order valence-corrected chi connectivity index (χ4v) is 8.61. The van der Waals surface area contributed by atoms with E-state index in [1.54, 1.807) is 0 Å². The molecule has 1 heteroatoms. The lowest BCUT2D eigenvalue weighted by molar-refractivity contribution is 0.768. The SMILES string of the molecule is [2H]c1c([2H])c(N(c2ccccc2)c2cccc3c2-c2ccccc2C3(c2ccccc2)c2ccccc2)c([2H])c([2H])c1-c1ccc(-c2ccccc2)c(-c2ccccc2)c1. The predicted molar refractivity (Wildman–Crippen MR) is 235 cm³/mol. The summed E-state index contributed by atoms with van der Waals surface area (Å²) in [5, 5.41) is 0. The zero-order valence-electron chi connectivity index (χ0n) is 34.7. The lowest BCUT2D eigenvalue weighted by Crippen LogP contribution is -2.28. The van der Waals surface area contributed by atoms with E-state index >= 15 is 0 Å². The summed E-state index contributed by atoms with van der Waals surface area (Å²) in [4.78, 5) is 1.93. The van der Waals surface area contributed by atoms with Gasteiger partial charge in [-0.15, -0.1) is 0 Å². The van der Waals surface area contributed by atoms with Crippen LogP contribution in [0.5, 0.6) is 0 Å². The largest absolute Gasteiger partial charge is 0.310 e. The summed E-state index contributed by atoms with van der Waals surface area (Å²) in [6.45, 7) is 0. The van der Waals surface area contributed by atoms with Crippen LogP contribution >= 0.6 is 0 Å². The monoisotopic (exact) mass is 717 g/mol. The third-order valence-corrected chi connectivity index (χ3v) is 11.0. The van der Waals surface area contributed by atoms with Crippen LogP contribution in [0, 0.1) is 0 Å². The highest BCUT2D eigenvalue weighted by atomic mass is 15.1. The average molecular weight is 718 g/mol. The van der Waals surface area contributed by atoms with Crippen molar-refractivity contribution in [3.63, 3.8) is 0 Å². The van der Waals surface area contributed by atoms with Crippen LogP contribution in [0.1, 0.15) is 27.7 Å². The number of hydrogen-bond acceptors (Lipinski definition) is 1. The Labute approximate surface area is 335 Å². The summed E-state index contributed by atoms with van der Waals surface area (Å²) in [6, 6.07) is 71.6. The number of fused-ring (bicyclic) bond motifs is 3. The number of nitrogens with zero attached hydrogens (tertiary/aromatic N) is 1. The molecule has 0 radical (unpaired) electrons. The summed E-state index contributed by atoms with van der Waals surface area (Å²) in [7, 11) is 0. The smallest absolute Gasteiger partial charge is 0.0714 e. The lowest BCUT2D eigenvalue weighted by atomic mass is 9.68. The fourth-order valence-electron chi connectivity index (χ4n) is 8.61. The van der Waals surface area contributed by atoms with Crippen molar-refractivity contribution in [2.45, 2.75) is 5.41 Å². The Kier molecular flexibility index (Phi) is 7.40. The molecule has 0 atom stereocenters. The summed E-state index contributed by atoms with van der Waals surface area (Å²) < 4.78 is 38.9. The Morgan fingerprint density at radius 2 is 0.857 bits per heavy atom. The van der Waals surface area contributed by atoms with Crippen LogP contribution in [-0.4, -0.2) is 0 Å². The van der Waals surface area contributed by atoms with E-state index in [9.17, 15) is 5.48 Å². The molecule has 0 saturated carbocycles. The van der Waals surface area contributed by atoms with Crippen LogP contribution < -0.4 is 4.90 Å². The van der Waals surface area contributed by atoms with Crippen LogP contribution in [-0.2, 0) is 5.41 Å². The fraction of sp³-hybridized carbons (Fsp3) is 0.0182. The van der Waals surface area contributed by atoms with Gasteiger partial charge in [0.2, 0.25) is 0 Å². The van der Waals surface area contributed by atoms with Gasteiger partial charge in [-0.3, -0.25) is 0 Å². The second-order valence-corrected chi connectivity index (χ2v) is 14.1. The van der Waals surface area contributed by atoms with Crippen molar-refractivity contribution < 1.29 is 5.48 Å². The summed E-state index contributed by atoms with van der Waals surface area (Å²) in [5.41, 5.74) is 12.4. The second kappa shape index (κ2) is 14.2. The van der Waals surface area contributed by atoms with E-state index in [1.807, 2.05) is 108 Å². The van der Waals surface area contributed by atoms with Crippen molar-refractivity contribution in [2.24, 2.45) is 0 Å². The van der Waals surface area contributed by atoms with E-state index in [4.69, 9.17) is 0 Å². The van der Waals surface area contributed by atoms with Crippen LogP contribution in [0.2, 0.25) is 0 Å². The van der Waals surface area contributed by atoms with Crippen molar-refractivity contribution >= 4 is 17.1 Å². The maximum absolute atomic E-state index is 9.80. The van der Waals surface area contributed by atoms with Crippen molar-refractivity contribution in [2.75, 3.05) is 4.90 Å². The van der Waals surface area contributed by atoms with Gasteiger partial charge in [-0.1, -0.05) is 200 Å². The molecule has 1 aliphatic rings. The van der Waals surface area contributed by atoms with E-state index in [0.717, 1.165) is 67.0 Å². The van der Waals surface area contributed by atoms with E-state index in [0.29, 0.717) is 5.56 Å². The van der Waals surface area contributed by atoms with Gasteiger partial charge in [0.05, 0.1) is 16.6 Å². The number of anilines is 3. The Morgan fingerprint density at radius 1 is 0.339 bits per heavy atom. The molecule has 0 unspecified atom stereocenters. The topological polar surface area (TPSA) is 3.24 Å². The van der Waals surface area contributed by atoms with E-state index < -0.39 is 5.41 Å². The van der Waals surface area contributed by atoms with Gasteiger partial charge in [0.25, 0.3) is 0 Å². The molecule has 0 aliphatic heterocycles. The van der Waals surface area contributed by atoms with Gasteiger partial charge in [-0.25, -0.2) is 0 Å². The summed E-state index contributed by atoms with van der Waals surface area (Å²) in [5.74, 6) is 0. The van der Waals surface area contributed by atoms with Gasteiger partial charge in [-0.2, -0.15) is 0 Å². The summed E-state index contributed by atoms with van der Waals surface area (Å²) in [6.07, 6.45) is 0. The zero-order valence-corrected chi connectivity index (χ0v) is 30.7. The number of para-hydroxylation sites is 1. The van der Waals surface area contributed by atoms with Gasteiger partial charge in [0.1, 0.15) is 0 Å². The van der Waals surface area contributed by atoms with E-state index in [-0.39, 0.29) is 35.4 Å². The van der Waals surface area contributed by atoms with Crippen molar-refractivity contribution in [3.8, 4) is 44.5 Å². The Balaban J connectivity index is 1.22. The minimum Gasteiger partial charge on any atom is -0.310 e. The molecular weight excluding hydrogens is 675 g/mol. The zero-order chi connectivity index (χ0) is 40.8. The molecular formula is C55H39N. The quantitative estimate of drug-likeness (QED) is 0.151. The van der Waals surface area contributed by atoms with Crippen LogP contribution in [0.25, 0.3) is 44.5 Å². The molecule has 0 heterocycles. The second-order valence-electron chi connectivity index (χ2n) is 14.1. The maximum Gasteiger partial charge on any atom is 0.0714 e. The van der Waals surface area contributed by atoms with Crippen LogP contribution in [0.4, 0.5) is 17.1 Å². The molecule has 1 nitrogen and oxygen atoms in total. The first-order valence-corrected chi connectivity index (χ1v) is 19.0. The molecule has 0 bridgehead atoms. The molecule has 0 N–H and O–H groups in total. The Bertz CT molecular complexity index is 2940. The Hall–Kier alpha value is -7.22. The minimum absolute atomic E-state index is 0.103. The molecule has 9 aromatic carbocycles.